The van der Waals surface area contributed by atoms with E-state index in [-0.39, 0.29) is 5.69 Å². The largest absolute Gasteiger partial charge is 0.355 e. The van der Waals surface area contributed by atoms with E-state index in [1.165, 1.54) is 6.42 Å². The van der Waals surface area contributed by atoms with Crippen molar-refractivity contribution in [3.63, 3.8) is 0 Å². The summed E-state index contributed by atoms with van der Waals surface area (Å²) in [6.07, 6.45) is 2.28. The Labute approximate surface area is 106 Å². The molecule has 1 aromatic rings. The van der Waals surface area contributed by atoms with Crippen molar-refractivity contribution in [2.45, 2.75) is 25.8 Å². The van der Waals surface area contributed by atoms with Crippen molar-refractivity contribution in [3.8, 4) is 0 Å². The lowest BCUT2D eigenvalue weighted by atomic mass is 10.1. The molecule has 6 heteroatoms. The van der Waals surface area contributed by atoms with Crippen LogP contribution in [0.3, 0.4) is 0 Å². The molecular weight excluding hydrogens is 232 g/mol. The van der Waals surface area contributed by atoms with E-state index in [4.69, 9.17) is 0 Å². The van der Waals surface area contributed by atoms with E-state index in [2.05, 4.69) is 15.2 Å². The van der Waals surface area contributed by atoms with Gasteiger partial charge in [-0.05, 0) is 32.9 Å². The second kappa shape index (κ2) is 5.30. The van der Waals surface area contributed by atoms with Gasteiger partial charge in [-0.3, -0.25) is 10.1 Å². The molecule has 1 atom stereocenters. The molecule has 0 aliphatic carbocycles. The van der Waals surface area contributed by atoms with E-state index in [9.17, 15) is 10.1 Å². The Morgan fingerprint density at radius 1 is 1.56 bits per heavy atom. The van der Waals surface area contributed by atoms with Gasteiger partial charge in [0.15, 0.2) is 0 Å². The molecule has 1 saturated heterocycles. The first-order valence-corrected chi connectivity index (χ1v) is 6.16. The van der Waals surface area contributed by atoms with Crippen LogP contribution < -0.4 is 10.2 Å². The SMILES string of the molecule is CNC1CCCN(c2ccc([N+](=O)[O-])c(C)n2)C1. The molecule has 1 aliphatic heterocycles. The molecule has 1 unspecified atom stereocenters. The normalized spacial score (nSPS) is 19.9. The van der Waals surface area contributed by atoms with Crippen molar-refractivity contribution < 1.29 is 4.92 Å². The van der Waals surface area contributed by atoms with Gasteiger partial charge in [-0.2, -0.15) is 0 Å². The van der Waals surface area contributed by atoms with Crippen LogP contribution in [0, 0.1) is 17.0 Å². The van der Waals surface area contributed by atoms with Gasteiger partial charge in [0, 0.05) is 25.2 Å². The van der Waals surface area contributed by atoms with E-state index >= 15 is 0 Å². The van der Waals surface area contributed by atoms with Crippen molar-refractivity contribution >= 4 is 11.5 Å². The second-order valence-corrected chi connectivity index (χ2v) is 4.60. The van der Waals surface area contributed by atoms with Gasteiger partial charge in [-0.25, -0.2) is 4.98 Å². The average molecular weight is 250 g/mol. The third-order valence-electron chi connectivity index (χ3n) is 3.39. The molecule has 2 rings (SSSR count). The second-order valence-electron chi connectivity index (χ2n) is 4.60. The predicted octanol–water partition coefficient (Wildman–Crippen LogP) is 1.49. The summed E-state index contributed by atoms with van der Waals surface area (Å²) in [5.41, 5.74) is 0.560. The van der Waals surface area contributed by atoms with Gasteiger partial charge in [-0.1, -0.05) is 0 Å². The molecule has 0 spiro atoms. The van der Waals surface area contributed by atoms with Gasteiger partial charge in [0.25, 0.3) is 5.69 Å². The number of nitrogens with zero attached hydrogens (tertiary/aromatic N) is 3. The summed E-state index contributed by atoms with van der Waals surface area (Å²) >= 11 is 0. The van der Waals surface area contributed by atoms with E-state index in [1.54, 1.807) is 19.1 Å². The molecule has 0 aromatic carbocycles. The maximum atomic E-state index is 10.7. The lowest BCUT2D eigenvalue weighted by Gasteiger charge is -2.33. The fourth-order valence-electron chi connectivity index (χ4n) is 2.33. The highest BCUT2D eigenvalue weighted by molar-refractivity contribution is 5.47. The van der Waals surface area contributed by atoms with Crippen molar-refractivity contribution in [1.29, 1.82) is 0 Å². The zero-order valence-electron chi connectivity index (χ0n) is 10.7. The fraction of sp³-hybridized carbons (Fsp3) is 0.583. The Kier molecular flexibility index (Phi) is 3.76. The molecule has 0 radical (unpaired) electrons. The monoisotopic (exact) mass is 250 g/mol. The van der Waals surface area contributed by atoms with Crippen LogP contribution in [-0.2, 0) is 0 Å². The number of anilines is 1. The highest BCUT2D eigenvalue weighted by Crippen LogP contribution is 2.22. The molecule has 0 bridgehead atoms. The van der Waals surface area contributed by atoms with Crippen LogP contribution in [0.15, 0.2) is 12.1 Å². The third-order valence-corrected chi connectivity index (χ3v) is 3.39. The van der Waals surface area contributed by atoms with Crippen LogP contribution in [0.4, 0.5) is 11.5 Å². The van der Waals surface area contributed by atoms with Gasteiger partial charge in [0.1, 0.15) is 11.5 Å². The zero-order valence-corrected chi connectivity index (χ0v) is 10.7. The van der Waals surface area contributed by atoms with Crippen molar-refractivity contribution in [3.05, 3.63) is 27.9 Å². The number of rotatable bonds is 3. The number of aromatic nitrogens is 1. The molecule has 1 aliphatic rings. The van der Waals surface area contributed by atoms with Crippen LogP contribution in [0.2, 0.25) is 0 Å². The first-order chi connectivity index (χ1) is 8.61. The topological polar surface area (TPSA) is 71.3 Å². The highest BCUT2D eigenvalue weighted by atomic mass is 16.6. The number of likely N-dealkylation sites (N-methyl/N-ethyl adjacent to an activating group) is 1. The molecular formula is C12H18N4O2. The first-order valence-electron chi connectivity index (χ1n) is 6.16. The van der Waals surface area contributed by atoms with Gasteiger partial charge < -0.3 is 10.2 Å². The van der Waals surface area contributed by atoms with E-state index < -0.39 is 4.92 Å². The van der Waals surface area contributed by atoms with Gasteiger partial charge >= 0.3 is 0 Å². The first kappa shape index (κ1) is 12.8. The third kappa shape index (κ3) is 2.59. The standard InChI is InChI=1S/C12H18N4O2/c1-9-11(16(17)18)5-6-12(14-9)15-7-3-4-10(8-15)13-2/h5-6,10,13H,3-4,7-8H2,1-2H3. The number of pyridine rings is 1. The predicted molar refractivity (Wildman–Crippen MR) is 69.9 cm³/mol. The van der Waals surface area contributed by atoms with Crippen molar-refractivity contribution in [2.75, 3.05) is 25.0 Å². The van der Waals surface area contributed by atoms with Crippen molar-refractivity contribution in [1.82, 2.24) is 10.3 Å². The number of piperidine rings is 1. The van der Waals surface area contributed by atoms with Gasteiger partial charge in [0.2, 0.25) is 0 Å². The molecule has 0 amide bonds. The lowest BCUT2D eigenvalue weighted by molar-refractivity contribution is -0.385. The Hall–Kier alpha value is -1.69. The molecule has 0 saturated carbocycles. The fourth-order valence-corrected chi connectivity index (χ4v) is 2.33. The number of aryl methyl sites for hydroxylation is 1. The van der Waals surface area contributed by atoms with Crippen LogP contribution in [0.25, 0.3) is 0 Å². The minimum absolute atomic E-state index is 0.0842. The van der Waals surface area contributed by atoms with E-state index in [0.717, 1.165) is 25.3 Å². The minimum atomic E-state index is -0.390. The van der Waals surface area contributed by atoms with Crippen LogP contribution in [0.5, 0.6) is 0 Å². The van der Waals surface area contributed by atoms with Crippen LogP contribution >= 0.6 is 0 Å². The lowest BCUT2D eigenvalue weighted by Crippen LogP contribution is -2.44. The summed E-state index contributed by atoms with van der Waals surface area (Å²) in [6.45, 7) is 3.55. The molecule has 98 valence electrons. The minimum Gasteiger partial charge on any atom is -0.355 e. The molecule has 1 aromatic heterocycles. The summed E-state index contributed by atoms with van der Waals surface area (Å²) in [7, 11) is 1.96. The van der Waals surface area contributed by atoms with Crippen LogP contribution in [0.1, 0.15) is 18.5 Å². The number of hydrogen-bond donors (Lipinski definition) is 1. The molecule has 2 heterocycles. The maximum Gasteiger partial charge on any atom is 0.290 e. The van der Waals surface area contributed by atoms with E-state index in [0.29, 0.717) is 11.7 Å². The Morgan fingerprint density at radius 3 is 2.94 bits per heavy atom. The Balaban J connectivity index is 2.18. The Bertz CT molecular complexity index is 450. The number of nitro groups is 1. The summed E-state index contributed by atoms with van der Waals surface area (Å²) in [5.74, 6) is 0.832. The summed E-state index contributed by atoms with van der Waals surface area (Å²) in [6, 6.07) is 3.75. The smallest absolute Gasteiger partial charge is 0.290 e. The molecule has 6 nitrogen and oxygen atoms in total. The maximum absolute atomic E-state index is 10.7. The van der Waals surface area contributed by atoms with Crippen molar-refractivity contribution in [2.24, 2.45) is 0 Å². The highest BCUT2D eigenvalue weighted by Gasteiger charge is 2.21. The number of nitrogens with one attached hydrogen (secondary N) is 1. The van der Waals surface area contributed by atoms with Gasteiger partial charge in [-0.15, -0.1) is 0 Å². The molecule has 18 heavy (non-hydrogen) atoms. The average Bonchev–Trinajstić information content (AvgIpc) is 2.38. The quantitative estimate of drug-likeness (QED) is 0.650. The number of hydrogen-bond acceptors (Lipinski definition) is 5. The summed E-state index contributed by atoms with van der Waals surface area (Å²) in [5, 5.41) is 14.0. The summed E-state index contributed by atoms with van der Waals surface area (Å²) in [4.78, 5) is 16.9. The van der Waals surface area contributed by atoms with Crippen LogP contribution in [-0.4, -0.2) is 36.1 Å². The summed E-state index contributed by atoms with van der Waals surface area (Å²) < 4.78 is 0. The van der Waals surface area contributed by atoms with Gasteiger partial charge in [0.05, 0.1) is 4.92 Å². The molecule has 1 fully saturated rings. The zero-order chi connectivity index (χ0) is 13.1. The molecule has 1 N–H and O–H groups in total. The van der Waals surface area contributed by atoms with E-state index in [1.807, 2.05) is 7.05 Å². The Morgan fingerprint density at radius 2 is 2.33 bits per heavy atom.